The van der Waals surface area contributed by atoms with Gasteiger partial charge in [-0.3, -0.25) is 13.8 Å². The molecule has 3 unspecified atom stereocenters. The largest absolute Gasteiger partial charge is 0.472 e. The normalized spacial score (nSPS) is 14.1. The third-order valence-corrected chi connectivity index (χ3v) is 14.6. The summed E-state index contributed by atoms with van der Waals surface area (Å²) in [6, 6.07) is -0.860. The quantitative estimate of drug-likeness (QED) is 0.0243. The van der Waals surface area contributed by atoms with Crippen molar-refractivity contribution in [3.05, 3.63) is 36.5 Å². The minimum atomic E-state index is -4.35. The Bertz CT molecular complexity index is 1220. The Morgan fingerprint density at radius 3 is 1.16 bits per heavy atom. The second kappa shape index (κ2) is 51.6. The summed E-state index contributed by atoms with van der Waals surface area (Å²) >= 11 is 0. The number of phosphoric acid groups is 1. The van der Waals surface area contributed by atoms with E-state index in [9.17, 15) is 19.4 Å². The van der Waals surface area contributed by atoms with Gasteiger partial charge in [0.25, 0.3) is 0 Å². The van der Waals surface area contributed by atoms with E-state index < -0.39 is 20.0 Å². The second-order valence-corrected chi connectivity index (χ2v) is 23.2. The molecule has 0 spiro atoms. The summed E-state index contributed by atoms with van der Waals surface area (Å²) in [5, 5.41) is 13.9. The summed E-state index contributed by atoms with van der Waals surface area (Å²) in [4.78, 5) is 23.2. The topological polar surface area (TPSA) is 105 Å². The fraction of sp³-hybridized carbons (Fsp3) is 0.883. The predicted molar refractivity (Wildman–Crippen MR) is 300 cm³/mol. The molecule has 0 aromatic heterocycles. The molecule has 0 fully saturated rings. The summed E-state index contributed by atoms with van der Waals surface area (Å²) in [7, 11) is 1.56. The highest BCUT2D eigenvalue weighted by atomic mass is 31.2. The fourth-order valence-electron chi connectivity index (χ4n) is 8.88. The lowest BCUT2D eigenvalue weighted by Crippen LogP contribution is -2.45. The van der Waals surface area contributed by atoms with E-state index >= 15 is 0 Å². The Balaban J connectivity index is 3.93. The van der Waals surface area contributed by atoms with E-state index in [0.717, 1.165) is 38.5 Å². The third-order valence-electron chi connectivity index (χ3n) is 13.6. The first-order chi connectivity index (χ1) is 33.5. The van der Waals surface area contributed by atoms with Gasteiger partial charge < -0.3 is 19.8 Å². The van der Waals surface area contributed by atoms with Gasteiger partial charge in [0.15, 0.2) is 0 Å². The van der Waals surface area contributed by atoms with Crippen LogP contribution >= 0.6 is 7.82 Å². The van der Waals surface area contributed by atoms with Gasteiger partial charge in [-0.2, -0.15) is 0 Å². The van der Waals surface area contributed by atoms with E-state index in [2.05, 4.69) is 43.5 Å². The van der Waals surface area contributed by atoms with E-state index in [-0.39, 0.29) is 19.1 Å². The van der Waals surface area contributed by atoms with Crippen LogP contribution in [-0.2, 0) is 18.4 Å². The van der Waals surface area contributed by atoms with Crippen LogP contribution in [0.25, 0.3) is 0 Å². The standard InChI is InChI=1S/C60H117N2O6P/c1-6-8-10-12-14-16-18-20-21-22-23-24-25-26-27-28-29-30-31-32-33-34-35-36-37-38-39-40-41-42-44-46-48-50-52-54-60(64)61-58(57-68-69(65,66)67-56-55-62(3,4)5)59(63)53-51-49-47-45-43-19-17-15-13-11-9-7-2/h22-23,43,45,51,53,58-59,63H,6-21,24-42,44,46-50,52,54-57H2,1-5H3,(H-,61,64,65,66)/p+1/b23-22-,45-43+,53-51+. The van der Waals surface area contributed by atoms with E-state index in [0.29, 0.717) is 17.4 Å². The highest BCUT2D eigenvalue weighted by Gasteiger charge is 2.27. The number of allylic oxidation sites excluding steroid dienone is 5. The molecule has 3 N–H and O–H groups in total. The van der Waals surface area contributed by atoms with Gasteiger partial charge in [0.2, 0.25) is 5.91 Å². The van der Waals surface area contributed by atoms with Crippen molar-refractivity contribution in [3.63, 3.8) is 0 Å². The molecule has 3 atom stereocenters. The highest BCUT2D eigenvalue weighted by Crippen LogP contribution is 2.43. The molecule has 0 aliphatic carbocycles. The maximum atomic E-state index is 12.9. The fourth-order valence-corrected chi connectivity index (χ4v) is 9.61. The number of quaternary nitrogens is 1. The molecule has 0 rings (SSSR count). The number of carbonyl (C=O) groups excluding carboxylic acids is 1. The van der Waals surface area contributed by atoms with Crippen LogP contribution in [-0.4, -0.2) is 73.4 Å². The molecule has 8 nitrogen and oxygen atoms in total. The number of nitrogens with zero attached hydrogens (tertiary/aromatic N) is 1. The van der Waals surface area contributed by atoms with Crippen LogP contribution in [0.5, 0.6) is 0 Å². The molecule has 0 aliphatic heterocycles. The molecule has 0 saturated heterocycles. The number of likely N-dealkylation sites (N-methyl/N-ethyl adjacent to an activating group) is 1. The molecule has 0 bridgehead atoms. The van der Waals surface area contributed by atoms with E-state index in [1.165, 1.54) is 231 Å². The lowest BCUT2D eigenvalue weighted by molar-refractivity contribution is -0.870. The maximum absolute atomic E-state index is 12.9. The third kappa shape index (κ3) is 54.3. The molecule has 0 heterocycles. The van der Waals surface area contributed by atoms with Crippen molar-refractivity contribution in [1.82, 2.24) is 5.32 Å². The summed E-state index contributed by atoms with van der Waals surface area (Å²) in [5.41, 5.74) is 0. The average molecular weight is 995 g/mol. The van der Waals surface area contributed by atoms with Gasteiger partial charge in [0.1, 0.15) is 13.2 Å². The maximum Gasteiger partial charge on any atom is 0.472 e. The Morgan fingerprint density at radius 2 is 0.797 bits per heavy atom. The van der Waals surface area contributed by atoms with E-state index in [4.69, 9.17) is 9.05 Å². The van der Waals surface area contributed by atoms with Crippen molar-refractivity contribution in [2.75, 3.05) is 40.9 Å². The van der Waals surface area contributed by atoms with Crippen molar-refractivity contribution in [1.29, 1.82) is 0 Å². The smallest absolute Gasteiger partial charge is 0.387 e. The number of nitrogens with one attached hydrogen (secondary N) is 1. The molecule has 408 valence electrons. The molecular formula is C60H118N2O6P+. The second-order valence-electron chi connectivity index (χ2n) is 21.7. The van der Waals surface area contributed by atoms with Crippen LogP contribution in [0.4, 0.5) is 0 Å². The van der Waals surface area contributed by atoms with Gasteiger partial charge in [-0.15, -0.1) is 0 Å². The van der Waals surface area contributed by atoms with Gasteiger partial charge >= 0.3 is 7.82 Å². The number of aliphatic hydroxyl groups excluding tert-OH is 1. The van der Waals surface area contributed by atoms with E-state index in [1.807, 2.05) is 27.2 Å². The summed E-state index contributed by atoms with van der Waals surface area (Å²) in [5.74, 6) is -0.183. The first-order valence-corrected chi connectivity index (χ1v) is 31.4. The number of carbonyl (C=O) groups is 1. The minimum absolute atomic E-state index is 0.0576. The van der Waals surface area contributed by atoms with Crippen molar-refractivity contribution in [3.8, 4) is 0 Å². The lowest BCUT2D eigenvalue weighted by Gasteiger charge is -2.25. The van der Waals surface area contributed by atoms with Gasteiger partial charge in [-0.1, -0.05) is 262 Å². The SMILES string of the molecule is CCCCCCCC/C=C/CC/C=C/C(O)C(COP(=O)(O)OCC[N+](C)(C)C)NC(=O)CCCCCCCCCCCCCCCCCCCCCCCCC/C=C\CCCCCCCCCC. The number of phosphoric ester groups is 1. The summed E-state index contributed by atoms with van der Waals surface area (Å²) in [6.07, 6.45) is 67.1. The molecule has 0 aromatic carbocycles. The summed E-state index contributed by atoms with van der Waals surface area (Å²) < 4.78 is 23.6. The first kappa shape index (κ1) is 67.7. The molecule has 0 radical (unpaired) electrons. The monoisotopic (exact) mass is 994 g/mol. The molecule has 9 heteroatoms. The zero-order chi connectivity index (χ0) is 50.6. The van der Waals surface area contributed by atoms with Crippen LogP contribution in [0.15, 0.2) is 36.5 Å². The van der Waals surface area contributed by atoms with Gasteiger partial charge in [0, 0.05) is 6.42 Å². The van der Waals surface area contributed by atoms with Gasteiger partial charge in [-0.05, 0) is 57.8 Å². The number of hydrogen-bond donors (Lipinski definition) is 3. The van der Waals surface area contributed by atoms with Crippen LogP contribution in [0.1, 0.15) is 290 Å². The van der Waals surface area contributed by atoms with Crippen LogP contribution in [0, 0.1) is 0 Å². The van der Waals surface area contributed by atoms with Crippen LogP contribution < -0.4 is 5.32 Å². The molecule has 0 saturated carbocycles. The highest BCUT2D eigenvalue weighted by molar-refractivity contribution is 7.47. The van der Waals surface area contributed by atoms with Crippen molar-refractivity contribution in [2.24, 2.45) is 0 Å². The molecule has 69 heavy (non-hydrogen) atoms. The number of aliphatic hydroxyl groups is 1. The predicted octanol–water partition coefficient (Wildman–Crippen LogP) is 18.2. The Kier molecular flexibility index (Phi) is 50.7. The van der Waals surface area contributed by atoms with Crippen LogP contribution in [0.2, 0.25) is 0 Å². The number of amides is 1. The number of unbranched alkanes of at least 4 members (excludes halogenated alkanes) is 38. The van der Waals surface area contributed by atoms with Crippen molar-refractivity contribution in [2.45, 2.75) is 302 Å². The van der Waals surface area contributed by atoms with Crippen LogP contribution in [0.3, 0.4) is 0 Å². The Morgan fingerprint density at radius 1 is 0.478 bits per heavy atom. The van der Waals surface area contributed by atoms with Crippen molar-refractivity contribution < 1.29 is 32.9 Å². The zero-order valence-corrected chi connectivity index (χ0v) is 47.5. The van der Waals surface area contributed by atoms with E-state index in [1.54, 1.807) is 6.08 Å². The zero-order valence-electron chi connectivity index (χ0n) is 46.6. The van der Waals surface area contributed by atoms with Gasteiger partial charge in [0.05, 0.1) is 39.9 Å². The first-order valence-electron chi connectivity index (χ1n) is 29.9. The molecule has 0 aromatic rings. The average Bonchev–Trinajstić information content (AvgIpc) is 3.31. The summed E-state index contributed by atoms with van der Waals surface area (Å²) in [6.45, 7) is 4.80. The number of rotatable bonds is 55. The molecule has 1 amide bonds. The number of hydrogen-bond acceptors (Lipinski definition) is 5. The Labute approximate surface area is 429 Å². The molecular weight excluding hydrogens is 876 g/mol. The van der Waals surface area contributed by atoms with Gasteiger partial charge in [-0.25, -0.2) is 4.57 Å². The van der Waals surface area contributed by atoms with Crippen molar-refractivity contribution >= 4 is 13.7 Å². The minimum Gasteiger partial charge on any atom is -0.387 e. The molecule has 0 aliphatic rings. The Hall–Kier alpha value is -1.28. The lowest BCUT2D eigenvalue weighted by atomic mass is 10.0.